The maximum absolute atomic E-state index is 10.7. The summed E-state index contributed by atoms with van der Waals surface area (Å²) in [7, 11) is 0. The molecule has 32 heavy (non-hydrogen) atoms. The predicted molar refractivity (Wildman–Crippen MR) is 125 cm³/mol. The Balaban J connectivity index is 0.00000216. The minimum absolute atomic E-state index is 0. The molecule has 2 aromatic heterocycles. The first-order valence-corrected chi connectivity index (χ1v) is 10.3. The van der Waals surface area contributed by atoms with Gasteiger partial charge in [0, 0.05) is 23.9 Å². The smallest absolute Gasteiger partial charge is 0.522 e. The molecule has 6 heteroatoms. The van der Waals surface area contributed by atoms with Crippen molar-refractivity contribution in [1.82, 2.24) is 9.55 Å². The Morgan fingerprint density at radius 3 is 2.41 bits per heavy atom. The number of fused-ring (bicyclic) bond motifs is 3. The number of aromatic nitrogens is 2. The number of phenolic OH excluding ortho intramolecular Hbond substituents is 1. The standard InChI is InChI=1S/C26H20N4O.Pt/c31-23-13-6-11-21-20-10-4-5-12-22(20)30(26(21)23)25-15-7-14-24(27-25)29-17-16-28(18-29)19-8-2-1-3-9-19;/h1-8,10-15,18,31H,16-17H2;/q-2;+2. The van der Waals surface area contributed by atoms with Crippen LogP contribution in [0.4, 0.5) is 11.5 Å². The van der Waals surface area contributed by atoms with Crippen LogP contribution in [0, 0.1) is 12.7 Å². The number of nitrogens with zero attached hydrogens (tertiary/aromatic N) is 4. The van der Waals surface area contributed by atoms with Gasteiger partial charge in [0.1, 0.15) is 17.4 Å². The topological polar surface area (TPSA) is 44.5 Å². The summed E-state index contributed by atoms with van der Waals surface area (Å²) in [6, 6.07) is 31.1. The van der Waals surface area contributed by atoms with Crippen LogP contribution in [0.25, 0.3) is 27.6 Å². The summed E-state index contributed by atoms with van der Waals surface area (Å²) >= 11 is 0. The van der Waals surface area contributed by atoms with Gasteiger partial charge in [0.2, 0.25) is 0 Å². The zero-order valence-corrected chi connectivity index (χ0v) is 19.4. The summed E-state index contributed by atoms with van der Waals surface area (Å²) in [4.78, 5) is 9.31. The third kappa shape index (κ3) is 3.34. The fourth-order valence-corrected chi connectivity index (χ4v) is 4.35. The molecule has 5 aromatic rings. The molecular formula is C26H20N4OPt. The molecule has 0 spiro atoms. The van der Waals surface area contributed by atoms with Crippen molar-refractivity contribution in [2.75, 3.05) is 22.9 Å². The molecular weight excluding hydrogens is 579 g/mol. The van der Waals surface area contributed by atoms with Crippen LogP contribution >= 0.6 is 0 Å². The number of para-hydroxylation sites is 3. The minimum Gasteiger partial charge on any atom is -0.522 e. The number of anilines is 2. The average molecular weight is 600 g/mol. The first-order valence-electron chi connectivity index (χ1n) is 10.3. The van der Waals surface area contributed by atoms with Gasteiger partial charge in [0.05, 0.1) is 11.0 Å². The predicted octanol–water partition coefficient (Wildman–Crippen LogP) is 5.13. The molecule has 0 bridgehead atoms. The molecule has 1 N–H and O–H groups in total. The Morgan fingerprint density at radius 2 is 1.53 bits per heavy atom. The summed E-state index contributed by atoms with van der Waals surface area (Å²) in [5.41, 5.74) is 2.85. The van der Waals surface area contributed by atoms with Crippen molar-refractivity contribution in [2.24, 2.45) is 0 Å². The second kappa shape index (κ2) is 8.33. The van der Waals surface area contributed by atoms with Gasteiger partial charge in [0.15, 0.2) is 0 Å². The minimum atomic E-state index is 0. The summed E-state index contributed by atoms with van der Waals surface area (Å²) in [5.74, 6) is 1.90. The van der Waals surface area contributed by atoms with Crippen molar-refractivity contribution in [1.29, 1.82) is 0 Å². The van der Waals surface area contributed by atoms with Gasteiger partial charge in [0.25, 0.3) is 0 Å². The Bertz CT molecular complexity index is 1400. The van der Waals surface area contributed by atoms with Crippen molar-refractivity contribution in [3.8, 4) is 11.6 Å². The molecule has 1 fully saturated rings. The summed E-state index contributed by atoms with van der Waals surface area (Å²) in [6.45, 7) is 3.81. The number of benzene rings is 3. The first kappa shape index (κ1) is 20.6. The van der Waals surface area contributed by atoms with E-state index >= 15 is 0 Å². The fourth-order valence-electron chi connectivity index (χ4n) is 4.35. The third-order valence-corrected chi connectivity index (χ3v) is 5.78. The molecule has 1 aliphatic rings. The van der Waals surface area contributed by atoms with E-state index in [1.807, 2.05) is 65.2 Å². The van der Waals surface area contributed by atoms with Crippen molar-refractivity contribution in [3.05, 3.63) is 97.7 Å². The van der Waals surface area contributed by atoms with Gasteiger partial charge in [-0.2, -0.15) is 37.0 Å². The van der Waals surface area contributed by atoms with Gasteiger partial charge in [-0.25, -0.2) is 4.98 Å². The molecule has 0 atom stereocenters. The van der Waals surface area contributed by atoms with Crippen molar-refractivity contribution >= 4 is 33.3 Å². The van der Waals surface area contributed by atoms with E-state index in [2.05, 4.69) is 40.7 Å². The molecule has 5 nitrogen and oxygen atoms in total. The zero-order chi connectivity index (χ0) is 20.8. The Labute approximate surface area is 200 Å². The maximum atomic E-state index is 10.7. The first-order chi connectivity index (χ1) is 15.3. The van der Waals surface area contributed by atoms with Gasteiger partial charge in [-0.05, 0) is 24.3 Å². The number of aromatic hydroxyl groups is 1. The number of pyridine rings is 1. The van der Waals surface area contributed by atoms with Crippen LogP contribution in [-0.4, -0.2) is 27.7 Å². The molecule has 1 saturated heterocycles. The molecule has 1 aliphatic heterocycles. The summed E-state index contributed by atoms with van der Waals surface area (Å²) in [5, 5.41) is 12.8. The van der Waals surface area contributed by atoms with Crippen molar-refractivity contribution < 1.29 is 26.2 Å². The van der Waals surface area contributed by atoms with E-state index in [9.17, 15) is 5.11 Å². The van der Waals surface area contributed by atoms with Gasteiger partial charge in [-0.3, -0.25) is 4.57 Å². The van der Waals surface area contributed by atoms with E-state index in [1.54, 1.807) is 6.07 Å². The number of hydrogen-bond donors (Lipinski definition) is 1. The Kier molecular flexibility index (Phi) is 5.36. The third-order valence-electron chi connectivity index (χ3n) is 5.78. The second-order valence-electron chi connectivity index (χ2n) is 7.63. The van der Waals surface area contributed by atoms with Crippen LogP contribution in [0.1, 0.15) is 0 Å². The fraction of sp³-hybridized carbons (Fsp3) is 0.0769. The largest absolute Gasteiger partial charge is 2.00 e. The van der Waals surface area contributed by atoms with Gasteiger partial charge in [-0.1, -0.05) is 36.4 Å². The van der Waals surface area contributed by atoms with E-state index in [0.717, 1.165) is 52.2 Å². The van der Waals surface area contributed by atoms with E-state index in [1.165, 1.54) is 0 Å². The van der Waals surface area contributed by atoms with E-state index in [4.69, 9.17) is 4.98 Å². The van der Waals surface area contributed by atoms with Crippen molar-refractivity contribution in [2.45, 2.75) is 0 Å². The summed E-state index contributed by atoms with van der Waals surface area (Å²) < 4.78 is 2.04. The molecule has 3 heterocycles. The average Bonchev–Trinajstić information content (AvgIpc) is 3.44. The molecule has 0 aliphatic carbocycles. The quantitative estimate of drug-likeness (QED) is 0.293. The van der Waals surface area contributed by atoms with E-state index < -0.39 is 0 Å². The zero-order valence-electron chi connectivity index (χ0n) is 17.1. The maximum Gasteiger partial charge on any atom is 2.00 e. The van der Waals surface area contributed by atoms with Crippen LogP contribution in [0.3, 0.4) is 0 Å². The molecule has 0 unspecified atom stereocenters. The Hall–Kier alpha value is -3.30. The van der Waals surface area contributed by atoms with Crippen LogP contribution in [0.15, 0.2) is 84.9 Å². The molecule has 0 radical (unpaired) electrons. The number of phenols is 1. The summed E-state index contributed by atoms with van der Waals surface area (Å²) in [6.07, 6.45) is 0. The van der Waals surface area contributed by atoms with Crippen LogP contribution in [0.5, 0.6) is 5.75 Å². The second-order valence-corrected chi connectivity index (χ2v) is 7.63. The molecule has 0 amide bonds. The van der Waals surface area contributed by atoms with E-state index in [0.29, 0.717) is 0 Å². The molecule has 6 rings (SSSR count). The van der Waals surface area contributed by atoms with Gasteiger partial charge >= 0.3 is 21.1 Å². The van der Waals surface area contributed by atoms with Gasteiger partial charge in [-0.15, -0.1) is 5.69 Å². The van der Waals surface area contributed by atoms with Crippen LogP contribution in [-0.2, 0) is 21.1 Å². The number of rotatable bonds is 3. The monoisotopic (exact) mass is 599 g/mol. The normalized spacial score (nSPS) is 13.6. The SMILES string of the molecule is Oc1cccc2c3ccccc3n(-c3cccc(N4[CH-]N(c5[c-]cccc5)CC4)n3)c12.[Pt+2]. The van der Waals surface area contributed by atoms with Crippen LogP contribution < -0.4 is 9.80 Å². The van der Waals surface area contributed by atoms with Crippen LogP contribution in [0.2, 0.25) is 0 Å². The van der Waals surface area contributed by atoms with E-state index in [-0.39, 0.29) is 26.8 Å². The molecule has 160 valence electrons. The van der Waals surface area contributed by atoms with Crippen molar-refractivity contribution in [3.63, 3.8) is 0 Å². The number of hydrogen-bond acceptors (Lipinski definition) is 4. The van der Waals surface area contributed by atoms with Gasteiger partial charge < -0.3 is 14.9 Å². The molecule has 3 aromatic carbocycles. The molecule has 0 saturated carbocycles. The Morgan fingerprint density at radius 1 is 0.781 bits per heavy atom.